The Hall–Kier alpha value is -1.37. The Bertz CT molecular complexity index is 619. The third-order valence-corrected chi connectivity index (χ3v) is 4.27. The first-order valence-electron chi connectivity index (χ1n) is 5.75. The summed E-state index contributed by atoms with van der Waals surface area (Å²) in [6.07, 6.45) is 1.12. The zero-order valence-electron chi connectivity index (χ0n) is 11.1. The van der Waals surface area contributed by atoms with Crippen LogP contribution in [0.5, 0.6) is 0 Å². The monoisotopic (exact) mass is 351 g/mol. The Labute approximate surface area is 131 Å². The lowest BCUT2D eigenvalue weighted by Gasteiger charge is -2.00. The average molecular weight is 351 g/mol. The van der Waals surface area contributed by atoms with Gasteiger partial charge in [0.15, 0.2) is 5.96 Å². The molecular formula is C9H17N7O2S3. The molecule has 0 fully saturated rings. The number of rotatable bonds is 8. The number of guanidine groups is 1. The lowest BCUT2D eigenvalue weighted by molar-refractivity contribution is 0.599. The molecular weight excluding hydrogens is 334 g/mol. The van der Waals surface area contributed by atoms with Crippen molar-refractivity contribution < 1.29 is 8.42 Å². The molecule has 0 spiro atoms. The third-order valence-electron chi connectivity index (χ3n) is 2.01. The molecule has 0 aliphatic heterocycles. The maximum Gasteiger partial charge on any atom is 0.318 e. The molecule has 1 aromatic heterocycles. The topological polar surface area (TPSA) is 176 Å². The van der Waals surface area contributed by atoms with E-state index in [-0.39, 0.29) is 11.8 Å². The highest BCUT2D eigenvalue weighted by Crippen LogP contribution is 2.19. The van der Waals surface area contributed by atoms with Crippen molar-refractivity contribution >= 4 is 50.2 Å². The van der Waals surface area contributed by atoms with E-state index in [4.69, 9.17) is 22.3 Å². The van der Waals surface area contributed by atoms with E-state index in [0.717, 1.165) is 17.9 Å². The number of amidine groups is 1. The van der Waals surface area contributed by atoms with Crippen molar-refractivity contribution in [2.75, 3.05) is 11.5 Å². The maximum atomic E-state index is 10.7. The van der Waals surface area contributed by atoms with E-state index in [1.165, 1.54) is 11.3 Å². The molecule has 0 bridgehead atoms. The van der Waals surface area contributed by atoms with Crippen LogP contribution in [0.2, 0.25) is 0 Å². The summed E-state index contributed by atoms with van der Waals surface area (Å²) >= 11 is 2.97. The van der Waals surface area contributed by atoms with E-state index in [0.29, 0.717) is 17.3 Å². The molecule has 118 valence electrons. The molecule has 8 N–H and O–H groups in total. The van der Waals surface area contributed by atoms with Gasteiger partial charge in [0.25, 0.3) is 0 Å². The number of aliphatic imine (C=N–C) groups is 1. The van der Waals surface area contributed by atoms with Crippen LogP contribution in [-0.2, 0) is 16.6 Å². The van der Waals surface area contributed by atoms with Crippen LogP contribution in [0, 0.1) is 0 Å². The second kappa shape index (κ2) is 8.17. The largest absolute Gasteiger partial charge is 0.386 e. The molecule has 0 aliphatic carbocycles. The first kappa shape index (κ1) is 17.7. The van der Waals surface area contributed by atoms with Gasteiger partial charge >= 0.3 is 10.2 Å². The van der Waals surface area contributed by atoms with Gasteiger partial charge in [-0.25, -0.2) is 10.1 Å². The molecule has 0 unspecified atom stereocenters. The Morgan fingerprint density at radius 2 is 2.05 bits per heavy atom. The van der Waals surface area contributed by atoms with E-state index in [9.17, 15) is 8.42 Å². The van der Waals surface area contributed by atoms with Gasteiger partial charge in [0.05, 0.1) is 5.69 Å². The molecule has 0 atom stereocenters. The third kappa shape index (κ3) is 8.49. The number of thiazole rings is 1. The van der Waals surface area contributed by atoms with Crippen LogP contribution < -0.4 is 22.3 Å². The summed E-state index contributed by atoms with van der Waals surface area (Å²) in [6, 6.07) is 0. The zero-order valence-corrected chi connectivity index (χ0v) is 13.5. The van der Waals surface area contributed by atoms with Crippen LogP contribution in [0.4, 0.5) is 5.13 Å². The predicted octanol–water partition coefficient (Wildman–Crippen LogP) is -0.725. The van der Waals surface area contributed by atoms with E-state index in [2.05, 4.69) is 14.4 Å². The smallest absolute Gasteiger partial charge is 0.318 e. The lowest BCUT2D eigenvalue weighted by Crippen LogP contribution is -2.21. The van der Waals surface area contributed by atoms with Crippen molar-refractivity contribution in [2.24, 2.45) is 31.7 Å². The molecule has 1 aromatic rings. The van der Waals surface area contributed by atoms with E-state index in [1.54, 1.807) is 11.8 Å². The van der Waals surface area contributed by atoms with Crippen molar-refractivity contribution in [2.45, 2.75) is 12.8 Å². The normalized spacial score (nSPS) is 12.3. The van der Waals surface area contributed by atoms with Gasteiger partial charge in [-0.1, -0.05) is 0 Å². The summed E-state index contributed by atoms with van der Waals surface area (Å²) in [4.78, 5) is 8.10. The molecule has 1 heterocycles. The Kier molecular flexibility index (Phi) is 6.87. The van der Waals surface area contributed by atoms with Crippen molar-refractivity contribution in [3.63, 3.8) is 0 Å². The Morgan fingerprint density at radius 1 is 1.33 bits per heavy atom. The molecule has 21 heavy (non-hydrogen) atoms. The zero-order chi connectivity index (χ0) is 15.9. The fourth-order valence-electron chi connectivity index (χ4n) is 1.24. The summed E-state index contributed by atoms with van der Waals surface area (Å²) in [5.41, 5.74) is 16.9. The fourth-order valence-corrected chi connectivity index (χ4v) is 3.31. The number of aromatic nitrogens is 1. The number of hydrogen-bond acceptors (Lipinski definition) is 6. The Morgan fingerprint density at radius 3 is 2.67 bits per heavy atom. The number of nitrogens with zero attached hydrogens (tertiary/aromatic N) is 3. The number of nitrogens with two attached hydrogens (primary N) is 4. The van der Waals surface area contributed by atoms with Crippen molar-refractivity contribution in [3.8, 4) is 0 Å². The highest BCUT2D eigenvalue weighted by Gasteiger charge is 2.03. The van der Waals surface area contributed by atoms with Gasteiger partial charge in [0, 0.05) is 17.6 Å². The summed E-state index contributed by atoms with van der Waals surface area (Å²) in [7, 11) is -3.90. The average Bonchev–Trinajstić information content (AvgIpc) is 2.73. The van der Waals surface area contributed by atoms with Gasteiger partial charge < -0.3 is 17.2 Å². The molecule has 0 saturated carbocycles. The number of aryl methyl sites for hydroxylation is 1. The highest BCUT2D eigenvalue weighted by molar-refractivity contribution is 7.99. The highest BCUT2D eigenvalue weighted by atomic mass is 32.2. The van der Waals surface area contributed by atoms with Crippen LogP contribution in [0.3, 0.4) is 0 Å². The minimum atomic E-state index is -3.90. The van der Waals surface area contributed by atoms with Crippen molar-refractivity contribution in [1.29, 1.82) is 0 Å². The van der Waals surface area contributed by atoms with Gasteiger partial charge in [0.1, 0.15) is 5.84 Å². The summed E-state index contributed by atoms with van der Waals surface area (Å²) in [5, 5.41) is 7.16. The van der Waals surface area contributed by atoms with E-state index in [1.807, 2.05) is 5.38 Å². The van der Waals surface area contributed by atoms with Crippen LogP contribution in [0.25, 0.3) is 0 Å². The van der Waals surface area contributed by atoms with Crippen molar-refractivity contribution in [1.82, 2.24) is 4.98 Å². The lowest BCUT2D eigenvalue weighted by atomic mass is 10.4. The van der Waals surface area contributed by atoms with Crippen LogP contribution >= 0.6 is 23.1 Å². The second-order valence-corrected chi connectivity index (χ2v) is 7.14. The number of hydrogen-bond donors (Lipinski definition) is 4. The predicted molar refractivity (Wildman–Crippen MR) is 88.0 cm³/mol. The Balaban J connectivity index is 2.27. The fraction of sp³-hybridized carbons (Fsp3) is 0.444. The van der Waals surface area contributed by atoms with Gasteiger partial charge in [-0.05, 0) is 12.2 Å². The minimum Gasteiger partial charge on any atom is -0.386 e. The van der Waals surface area contributed by atoms with Crippen LogP contribution in [0.15, 0.2) is 14.8 Å². The molecule has 0 saturated heterocycles. The molecule has 9 nitrogen and oxygen atoms in total. The molecule has 0 aromatic carbocycles. The quantitative estimate of drug-likeness (QED) is 0.271. The second-order valence-electron chi connectivity index (χ2n) is 3.87. The standard InChI is InChI=1S/C9H17N7O2S3/c10-7(16-21(13,17)18)2-4-19-3-1-6-5-20-9(14-6)15-8(11)12/h5H,1-4H2,(H2,10,16)(H2,13,17,18)(H4,11,12,14,15). The van der Waals surface area contributed by atoms with E-state index >= 15 is 0 Å². The molecule has 12 heteroatoms. The van der Waals surface area contributed by atoms with Gasteiger partial charge in [-0.3, -0.25) is 0 Å². The molecule has 0 radical (unpaired) electrons. The van der Waals surface area contributed by atoms with Crippen LogP contribution in [-0.4, -0.2) is 36.7 Å². The van der Waals surface area contributed by atoms with Gasteiger partial charge in [0.2, 0.25) is 5.13 Å². The molecule has 1 rings (SSSR count). The summed E-state index contributed by atoms with van der Waals surface area (Å²) in [5.74, 6) is 1.45. The first-order chi connectivity index (χ1) is 9.76. The minimum absolute atomic E-state index is 0.00806. The number of thioether (sulfide) groups is 1. The van der Waals surface area contributed by atoms with Gasteiger partial charge in [-0.15, -0.1) is 15.7 Å². The molecule has 0 amide bonds. The van der Waals surface area contributed by atoms with Crippen molar-refractivity contribution in [3.05, 3.63) is 11.1 Å². The van der Waals surface area contributed by atoms with Gasteiger partial charge in [-0.2, -0.15) is 25.2 Å². The summed E-state index contributed by atoms with van der Waals surface area (Å²) in [6.45, 7) is 0. The molecule has 0 aliphatic rings. The summed E-state index contributed by atoms with van der Waals surface area (Å²) < 4.78 is 24.5. The van der Waals surface area contributed by atoms with E-state index < -0.39 is 10.2 Å². The maximum absolute atomic E-state index is 10.7. The SMILES string of the molecule is NC(N)=Nc1nc(CCSCC/C(N)=N/S(N)(=O)=O)cs1. The van der Waals surface area contributed by atoms with Crippen LogP contribution in [0.1, 0.15) is 12.1 Å². The first-order valence-corrected chi connectivity index (χ1v) is 9.29.